The van der Waals surface area contributed by atoms with E-state index in [0.717, 1.165) is 36.5 Å². The molecule has 2 saturated heterocycles. The SMILES string of the molecule is Cc1cc(C(F)(F)F)n2nc([C@H]3CCN(C(=O)COC[C@H]4CCCCO4)C3)cc2n1. The second kappa shape index (κ2) is 8.50. The van der Waals surface area contributed by atoms with Crippen molar-refractivity contribution in [1.29, 1.82) is 0 Å². The van der Waals surface area contributed by atoms with Gasteiger partial charge in [0.25, 0.3) is 0 Å². The van der Waals surface area contributed by atoms with Crippen LogP contribution in [-0.4, -0.2) is 64.4 Å². The van der Waals surface area contributed by atoms with Crippen LogP contribution in [0.1, 0.15) is 48.7 Å². The standard InChI is InChI=1S/C20H25F3N4O3/c1-13-8-17(20(21,22)23)27-18(24-13)9-16(25-27)14-5-6-26(10-14)19(28)12-29-11-15-4-2-3-7-30-15/h8-9,14-15H,2-7,10-12H2,1H3/t14-,15+/m0/s1. The first kappa shape index (κ1) is 21.0. The third kappa shape index (κ3) is 4.59. The molecule has 2 atom stereocenters. The zero-order valence-corrected chi connectivity index (χ0v) is 16.8. The third-order valence-electron chi connectivity index (χ3n) is 5.63. The van der Waals surface area contributed by atoms with Crippen molar-refractivity contribution in [2.45, 2.75) is 50.8 Å². The van der Waals surface area contributed by atoms with Crippen LogP contribution in [0.25, 0.3) is 5.65 Å². The highest BCUT2D eigenvalue weighted by Gasteiger charge is 2.36. The molecule has 2 aromatic rings. The van der Waals surface area contributed by atoms with Gasteiger partial charge in [0.15, 0.2) is 5.65 Å². The van der Waals surface area contributed by atoms with E-state index in [1.807, 2.05) is 0 Å². The Morgan fingerprint density at radius 3 is 2.87 bits per heavy atom. The molecule has 0 spiro atoms. The number of carbonyl (C=O) groups excluding carboxylic acids is 1. The predicted octanol–water partition coefficient (Wildman–Crippen LogP) is 2.96. The number of hydrogen-bond donors (Lipinski definition) is 0. The minimum absolute atomic E-state index is 0.0171. The molecule has 164 valence electrons. The lowest BCUT2D eigenvalue weighted by Crippen LogP contribution is -2.33. The number of nitrogens with zero attached hydrogens (tertiary/aromatic N) is 4. The van der Waals surface area contributed by atoms with Crippen molar-refractivity contribution >= 4 is 11.6 Å². The van der Waals surface area contributed by atoms with Gasteiger partial charge in [-0.05, 0) is 38.7 Å². The second-order valence-electron chi connectivity index (χ2n) is 7.95. The molecule has 1 amide bonds. The van der Waals surface area contributed by atoms with Crippen molar-refractivity contribution in [1.82, 2.24) is 19.5 Å². The van der Waals surface area contributed by atoms with Gasteiger partial charge in [-0.2, -0.15) is 18.3 Å². The number of carbonyl (C=O) groups is 1. The van der Waals surface area contributed by atoms with Crippen LogP contribution in [0, 0.1) is 6.92 Å². The number of aryl methyl sites for hydroxylation is 1. The predicted molar refractivity (Wildman–Crippen MR) is 101 cm³/mol. The minimum atomic E-state index is -4.52. The van der Waals surface area contributed by atoms with Gasteiger partial charge in [0.05, 0.1) is 18.4 Å². The van der Waals surface area contributed by atoms with Gasteiger partial charge in [-0.15, -0.1) is 0 Å². The third-order valence-corrected chi connectivity index (χ3v) is 5.63. The first-order chi connectivity index (χ1) is 14.3. The lowest BCUT2D eigenvalue weighted by atomic mass is 10.1. The molecule has 2 aliphatic heterocycles. The smallest absolute Gasteiger partial charge is 0.376 e. The molecule has 0 N–H and O–H groups in total. The number of amides is 1. The summed E-state index contributed by atoms with van der Waals surface area (Å²) in [6.45, 7) is 3.58. The van der Waals surface area contributed by atoms with Crippen molar-refractivity contribution in [3.63, 3.8) is 0 Å². The van der Waals surface area contributed by atoms with Crippen LogP contribution in [0.5, 0.6) is 0 Å². The van der Waals surface area contributed by atoms with Crippen molar-refractivity contribution in [2.75, 3.05) is 32.9 Å². The Morgan fingerprint density at radius 1 is 1.30 bits per heavy atom. The fourth-order valence-corrected chi connectivity index (χ4v) is 4.06. The molecule has 0 aromatic carbocycles. The lowest BCUT2D eigenvalue weighted by Gasteiger charge is -2.23. The summed E-state index contributed by atoms with van der Waals surface area (Å²) in [5.74, 6) is -0.249. The van der Waals surface area contributed by atoms with Crippen LogP contribution in [0.2, 0.25) is 0 Å². The van der Waals surface area contributed by atoms with Gasteiger partial charge >= 0.3 is 6.18 Å². The number of alkyl halides is 3. The highest BCUT2D eigenvalue weighted by atomic mass is 19.4. The second-order valence-corrected chi connectivity index (χ2v) is 7.95. The van der Waals surface area contributed by atoms with E-state index in [-0.39, 0.29) is 35.9 Å². The van der Waals surface area contributed by atoms with E-state index in [0.29, 0.717) is 31.8 Å². The van der Waals surface area contributed by atoms with E-state index < -0.39 is 11.9 Å². The Labute approximate surface area is 172 Å². The number of hydrogen-bond acceptors (Lipinski definition) is 5. The zero-order valence-electron chi connectivity index (χ0n) is 16.8. The Hall–Kier alpha value is -2.20. The molecule has 0 radical (unpaired) electrons. The summed E-state index contributed by atoms with van der Waals surface area (Å²) >= 11 is 0. The Bertz CT molecular complexity index is 909. The molecule has 0 aliphatic carbocycles. The van der Waals surface area contributed by atoms with E-state index >= 15 is 0 Å². The van der Waals surface area contributed by atoms with E-state index in [1.54, 1.807) is 11.0 Å². The average Bonchev–Trinajstić information content (AvgIpc) is 3.34. The lowest BCUT2D eigenvalue weighted by molar-refractivity contribution is -0.142. The first-order valence-electron chi connectivity index (χ1n) is 10.2. The summed E-state index contributed by atoms with van der Waals surface area (Å²) in [6.07, 6.45) is -0.712. The van der Waals surface area contributed by atoms with Gasteiger partial charge in [-0.1, -0.05) is 0 Å². The number of aromatic nitrogens is 3. The van der Waals surface area contributed by atoms with Gasteiger partial charge < -0.3 is 14.4 Å². The Kier molecular flexibility index (Phi) is 5.97. The van der Waals surface area contributed by atoms with Gasteiger partial charge in [-0.3, -0.25) is 4.79 Å². The van der Waals surface area contributed by atoms with E-state index in [9.17, 15) is 18.0 Å². The summed E-state index contributed by atoms with van der Waals surface area (Å²) in [5.41, 5.74) is 0.118. The molecule has 0 bridgehead atoms. The summed E-state index contributed by atoms with van der Waals surface area (Å²) < 4.78 is 52.0. The van der Waals surface area contributed by atoms with E-state index in [1.165, 1.54) is 6.92 Å². The van der Waals surface area contributed by atoms with Crippen LogP contribution < -0.4 is 0 Å². The number of rotatable bonds is 5. The van der Waals surface area contributed by atoms with Crippen molar-refractivity contribution in [3.8, 4) is 0 Å². The quantitative estimate of drug-likeness (QED) is 0.735. The van der Waals surface area contributed by atoms with Crippen LogP contribution in [0.15, 0.2) is 12.1 Å². The van der Waals surface area contributed by atoms with Crippen LogP contribution in [-0.2, 0) is 20.4 Å². The van der Waals surface area contributed by atoms with Gasteiger partial charge in [0, 0.05) is 37.4 Å². The maximum atomic E-state index is 13.3. The molecule has 0 unspecified atom stereocenters. The minimum Gasteiger partial charge on any atom is -0.376 e. The Balaban J connectivity index is 1.38. The maximum absolute atomic E-state index is 13.3. The zero-order chi connectivity index (χ0) is 21.3. The van der Waals surface area contributed by atoms with Crippen molar-refractivity contribution in [3.05, 3.63) is 29.2 Å². The average molecular weight is 426 g/mol. The molecule has 0 saturated carbocycles. The fourth-order valence-electron chi connectivity index (χ4n) is 4.06. The van der Waals surface area contributed by atoms with Crippen LogP contribution in [0.4, 0.5) is 13.2 Å². The van der Waals surface area contributed by atoms with E-state index in [4.69, 9.17) is 9.47 Å². The summed E-state index contributed by atoms with van der Waals surface area (Å²) in [5, 5.41) is 4.17. The molecule has 4 rings (SSSR count). The molecule has 2 aliphatic rings. The molecule has 7 nitrogen and oxygen atoms in total. The summed E-state index contributed by atoms with van der Waals surface area (Å²) in [6, 6.07) is 2.57. The van der Waals surface area contributed by atoms with Crippen molar-refractivity contribution < 1.29 is 27.4 Å². The van der Waals surface area contributed by atoms with Gasteiger partial charge in [-0.25, -0.2) is 9.50 Å². The highest BCUT2D eigenvalue weighted by molar-refractivity contribution is 5.77. The molecule has 10 heteroatoms. The molecule has 2 fully saturated rings. The largest absolute Gasteiger partial charge is 0.433 e. The normalized spacial score (nSPS) is 22.7. The molecule has 2 aromatic heterocycles. The summed E-state index contributed by atoms with van der Waals surface area (Å²) in [4.78, 5) is 18.3. The number of ether oxygens (including phenoxy) is 2. The summed E-state index contributed by atoms with van der Waals surface area (Å²) in [7, 11) is 0. The molecular weight excluding hydrogens is 401 g/mol. The fraction of sp³-hybridized carbons (Fsp3) is 0.650. The topological polar surface area (TPSA) is 69.0 Å². The van der Waals surface area contributed by atoms with Gasteiger partial charge in [0.2, 0.25) is 5.91 Å². The van der Waals surface area contributed by atoms with Gasteiger partial charge in [0.1, 0.15) is 12.3 Å². The molecule has 30 heavy (non-hydrogen) atoms. The monoisotopic (exact) mass is 426 g/mol. The van der Waals surface area contributed by atoms with Crippen molar-refractivity contribution in [2.24, 2.45) is 0 Å². The number of fused-ring (bicyclic) bond motifs is 1. The molecular formula is C20H25F3N4O3. The van der Waals surface area contributed by atoms with Crippen LogP contribution >= 0.6 is 0 Å². The molecule has 4 heterocycles. The highest BCUT2D eigenvalue weighted by Crippen LogP contribution is 2.32. The number of likely N-dealkylation sites (tertiary alicyclic amines) is 1. The van der Waals surface area contributed by atoms with Crippen LogP contribution in [0.3, 0.4) is 0 Å². The first-order valence-corrected chi connectivity index (χ1v) is 10.2. The Morgan fingerprint density at radius 2 is 2.13 bits per heavy atom. The number of halogens is 3. The van der Waals surface area contributed by atoms with E-state index in [2.05, 4.69) is 10.1 Å². The maximum Gasteiger partial charge on any atom is 0.433 e.